The van der Waals surface area contributed by atoms with Gasteiger partial charge in [-0.15, -0.1) is 10.2 Å². The predicted octanol–water partition coefficient (Wildman–Crippen LogP) is 2.53. The third-order valence-corrected chi connectivity index (χ3v) is 3.64. The minimum atomic E-state index is -0.552. The highest BCUT2D eigenvalue weighted by molar-refractivity contribution is 5.95. The van der Waals surface area contributed by atoms with Crippen molar-refractivity contribution in [3.8, 4) is 5.88 Å². The van der Waals surface area contributed by atoms with Crippen molar-refractivity contribution in [2.24, 2.45) is 16.1 Å². The number of carbonyl (C=O) groups is 2. The van der Waals surface area contributed by atoms with Crippen LogP contribution in [-0.4, -0.2) is 21.5 Å². The molecule has 1 aromatic heterocycles. The Morgan fingerprint density at radius 2 is 2.04 bits per heavy atom. The molecule has 4 N–H and O–H groups in total. The summed E-state index contributed by atoms with van der Waals surface area (Å²) in [5, 5.41) is 18.7. The maximum atomic E-state index is 11.7. The number of fused-ring (bicyclic) bond motifs is 1. The van der Waals surface area contributed by atoms with Crippen LogP contribution < -0.4 is 11.3 Å². The molecule has 0 fully saturated rings. The zero-order valence-corrected chi connectivity index (χ0v) is 13.5. The van der Waals surface area contributed by atoms with Gasteiger partial charge in [-0.25, -0.2) is 5.84 Å². The minimum absolute atomic E-state index is 0.0131. The van der Waals surface area contributed by atoms with Crippen LogP contribution in [0.5, 0.6) is 5.88 Å². The van der Waals surface area contributed by atoms with E-state index in [0.29, 0.717) is 6.54 Å². The number of hydrogen-bond donors (Lipinski definition) is 3. The average molecular weight is 331 g/mol. The van der Waals surface area contributed by atoms with Crippen LogP contribution >= 0.6 is 0 Å². The van der Waals surface area contributed by atoms with Gasteiger partial charge in [0.15, 0.2) is 5.69 Å². The maximum absolute atomic E-state index is 11.7. The van der Waals surface area contributed by atoms with Crippen molar-refractivity contribution in [1.82, 2.24) is 9.99 Å². The fourth-order valence-corrected chi connectivity index (χ4v) is 2.36. The quantitative estimate of drug-likeness (QED) is 0.312. The fraction of sp³-hybridized carbons (Fsp3) is 0.375. The van der Waals surface area contributed by atoms with Crippen molar-refractivity contribution < 1.29 is 14.7 Å². The van der Waals surface area contributed by atoms with Crippen molar-refractivity contribution in [1.29, 1.82) is 0 Å². The molecule has 2 amide bonds. The van der Waals surface area contributed by atoms with Gasteiger partial charge in [0.2, 0.25) is 11.8 Å². The van der Waals surface area contributed by atoms with E-state index in [2.05, 4.69) is 17.2 Å². The molecule has 128 valence electrons. The second-order valence-corrected chi connectivity index (χ2v) is 5.36. The van der Waals surface area contributed by atoms with Gasteiger partial charge in [0.05, 0.1) is 5.52 Å². The summed E-state index contributed by atoms with van der Waals surface area (Å²) in [7, 11) is 0. The molecule has 0 saturated heterocycles. The van der Waals surface area contributed by atoms with Crippen molar-refractivity contribution in [2.75, 3.05) is 0 Å². The Kier molecular flexibility index (Phi) is 6.02. The Hall–Kier alpha value is -2.74. The number of para-hydroxylation sites is 1. The van der Waals surface area contributed by atoms with E-state index in [4.69, 9.17) is 5.84 Å². The van der Waals surface area contributed by atoms with Gasteiger partial charge in [-0.1, -0.05) is 31.5 Å². The first-order chi connectivity index (χ1) is 11.6. The summed E-state index contributed by atoms with van der Waals surface area (Å²) in [5.74, 6) is 3.94. The molecule has 1 aromatic carbocycles. The molecule has 0 atom stereocenters. The summed E-state index contributed by atoms with van der Waals surface area (Å²) in [6.45, 7) is 2.72. The highest BCUT2D eigenvalue weighted by Gasteiger charge is 2.16. The first kappa shape index (κ1) is 17.6. The number of unbranched alkanes of at least 4 members (excludes halogenated alkanes) is 1. The molecule has 0 aliphatic heterocycles. The third kappa shape index (κ3) is 3.96. The standard InChI is InChI=1S/C16H21N5O3/c1-2-3-10-21-12-7-5-4-6-11(12)15(16(21)24)20-19-14(23)9-8-13(22)18-17/h4-7,24H,2-3,8-10,17H2,1H3,(H,18,22). The van der Waals surface area contributed by atoms with Gasteiger partial charge in [-0.2, -0.15) is 0 Å². The molecule has 1 heterocycles. The summed E-state index contributed by atoms with van der Waals surface area (Å²) >= 11 is 0. The van der Waals surface area contributed by atoms with Crippen LogP contribution in [-0.2, 0) is 16.1 Å². The Morgan fingerprint density at radius 1 is 1.29 bits per heavy atom. The van der Waals surface area contributed by atoms with Crippen LogP contribution in [0.2, 0.25) is 0 Å². The predicted molar refractivity (Wildman–Crippen MR) is 89.6 cm³/mol. The zero-order valence-electron chi connectivity index (χ0n) is 13.5. The Bertz CT molecular complexity index is 766. The van der Waals surface area contributed by atoms with Gasteiger partial charge in [-0.05, 0) is 12.5 Å². The molecule has 24 heavy (non-hydrogen) atoms. The SMILES string of the molecule is CCCCn1c(O)c(N=NC(=O)CCC(=O)NN)c2ccccc21. The van der Waals surface area contributed by atoms with Crippen LogP contribution in [0.25, 0.3) is 10.9 Å². The van der Waals surface area contributed by atoms with E-state index in [1.807, 2.05) is 29.7 Å². The van der Waals surface area contributed by atoms with Gasteiger partial charge in [0, 0.05) is 24.8 Å². The molecule has 2 aromatic rings. The molecule has 0 spiro atoms. The maximum Gasteiger partial charge on any atom is 0.265 e. The number of aromatic hydroxyl groups is 1. The molecule has 8 heteroatoms. The van der Waals surface area contributed by atoms with Crippen molar-refractivity contribution in [3.05, 3.63) is 24.3 Å². The Labute approximate surface area is 139 Å². The van der Waals surface area contributed by atoms with Crippen LogP contribution in [0.3, 0.4) is 0 Å². The normalized spacial score (nSPS) is 11.2. The highest BCUT2D eigenvalue weighted by atomic mass is 16.3. The van der Waals surface area contributed by atoms with Gasteiger partial charge in [0.1, 0.15) is 0 Å². The lowest BCUT2D eigenvalue weighted by molar-refractivity contribution is -0.125. The lowest BCUT2D eigenvalue weighted by Crippen LogP contribution is -2.30. The molecule has 0 saturated carbocycles. The molecular formula is C16H21N5O3. The number of aromatic nitrogens is 1. The zero-order chi connectivity index (χ0) is 17.5. The van der Waals surface area contributed by atoms with Gasteiger partial charge in [0.25, 0.3) is 5.91 Å². The largest absolute Gasteiger partial charge is 0.493 e. The highest BCUT2D eigenvalue weighted by Crippen LogP contribution is 2.38. The average Bonchev–Trinajstić information content (AvgIpc) is 2.87. The van der Waals surface area contributed by atoms with Gasteiger partial charge in [-0.3, -0.25) is 15.0 Å². The molecule has 8 nitrogen and oxygen atoms in total. The Morgan fingerprint density at radius 3 is 2.75 bits per heavy atom. The van der Waals surface area contributed by atoms with Crippen molar-refractivity contribution >= 4 is 28.4 Å². The summed E-state index contributed by atoms with van der Waals surface area (Å²) in [5.41, 5.74) is 3.05. The number of carbonyl (C=O) groups excluding carboxylic acids is 2. The molecule has 0 unspecified atom stereocenters. The molecular weight excluding hydrogens is 310 g/mol. The molecule has 2 rings (SSSR count). The van der Waals surface area contributed by atoms with Crippen LogP contribution in [0.15, 0.2) is 34.5 Å². The number of hydrazine groups is 1. The second kappa shape index (κ2) is 8.21. The first-order valence-corrected chi connectivity index (χ1v) is 7.82. The lowest BCUT2D eigenvalue weighted by Gasteiger charge is -2.05. The number of rotatable bonds is 7. The lowest BCUT2D eigenvalue weighted by atomic mass is 10.2. The first-order valence-electron chi connectivity index (χ1n) is 7.82. The topological polar surface area (TPSA) is 122 Å². The summed E-state index contributed by atoms with van der Waals surface area (Å²) in [4.78, 5) is 22.7. The van der Waals surface area contributed by atoms with Crippen molar-refractivity contribution in [2.45, 2.75) is 39.2 Å². The monoisotopic (exact) mass is 331 g/mol. The number of nitrogens with one attached hydrogen (secondary N) is 1. The number of amides is 2. The molecule has 0 radical (unpaired) electrons. The minimum Gasteiger partial charge on any atom is -0.493 e. The van der Waals surface area contributed by atoms with E-state index in [9.17, 15) is 14.7 Å². The smallest absolute Gasteiger partial charge is 0.265 e. The fourth-order valence-electron chi connectivity index (χ4n) is 2.36. The van der Waals surface area contributed by atoms with E-state index < -0.39 is 11.8 Å². The number of nitrogens with zero attached hydrogens (tertiary/aromatic N) is 3. The number of hydrogen-bond acceptors (Lipinski definition) is 5. The van der Waals surface area contributed by atoms with Gasteiger partial charge >= 0.3 is 0 Å². The number of benzene rings is 1. The number of azo groups is 1. The number of nitrogens with two attached hydrogens (primary N) is 1. The molecule has 0 aliphatic rings. The van der Waals surface area contributed by atoms with Crippen LogP contribution in [0.1, 0.15) is 32.6 Å². The van der Waals surface area contributed by atoms with Crippen molar-refractivity contribution in [3.63, 3.8) is 0 Å². The van der Waals surface area contributed by atoms with Crippen LogP contribution in [0.4, 0.5) is 5.69 Å². The Balaban J connectivity index is 2.25. The third-order valence-electron chi connectivity index (χ3n) is 3.64. The summed E-state index contributed by atoms with van der Waals surface area (Å²) in [6, 6.07) is 7.41. The molecule has 0 bridgehead atoms. The van der Waals surface area contributed by atoms with E-state index >= 15 is 0 Å². The van der Waals surface area contributed by atoms with E-state index in [1.54, 1.807) is 4.57 Å². The second-order valence-electron chi connectivity index (χ2n) is 5.36. The number of aryl methyl sites for hydroxylation is 1. The summed E-state index contributed by atoms with van der Waals surface area (Å²) in [6.07, 6.45) is 1.75. The summed E-state index contributed by atoms with van der Waals surface area (Å²) < 4.78 is 1.76. The van der Waals surface area contributed by atoms with Gasteiger partial charge < -0.3 is 9.67 Å². The van der Waals surface area contributed by atoms with E-state index in [-0.39, 0.29) is 24.4 Å². The van der Waals surface area contributed by atoms with E-state index in [0.717, 1.165) is 23.7 Å². The molecule has 0 aliphatic carbocycles. The van der Waals surface area contributed by atoms with Crippen LogP contribution in [0, 0.1) is 0 Å². The van der Waals surface area contributed by atoms with E-state index in [1.165, 1.54) is 0 Å².